The van der Waals surface area contributed by atoms with E-state index in [0.29, 0.717) is 0 Å². The molecule has 1 saturated heterocycles. The number of aliphatic hydroxyl groups is 1. The minimum absolute atomic E-state index is 0.120. The molecule has 90 valence electrons. The van der Waals surface area contributed by atoms with Crippen LogP contribution in [0, 0.1) is 12.8 Å². The van der Waals surface area contributed by atoms with Crippen molar-refractivity contribution < 1.29 is 5.11 Å². The lowest BCUT2D eigenvalue weighted by atomic mass is 9.96. The van der Waals surface area contributed by atoms with Gasteiger partial charge in [0.05, 0.1) is 17.2 Å². The Kier molecular flexibility index (Phi) is 3.82. The summed E-state index contributed by atoms with van der Waals surface area (Å²) < 4.78 is 0. The quantitative estimate of drug-likeness (QED) is 0.882. The van der Waals surface area contributed by atoms with E-state index in [1.807, 2.05) is 6.92 Å². The molecule has 4 heteroatoms. The third-order valence-electron chi connectivity index (χ3n) is 3.39. The number of rotatable bonds is 3. The van der Waals surface area contributed by atoms with Gasteiger partial charge < -0.3 is 10.0 Å². The lowest BCUT2D eigenvalue weighted by molar-refractivity contribution is 0.284. The van der Waals surface area contributed by atoms with Gasteiger partial charge in [0.2, 0.25) is 0 Å². The van der Waals surface area contributed by atoms with Gasteiger partial charge in [-0.1, -0.05) is 24.7 Å². The molecule has 0 aromatic carbocycles. The number of anilines is 1. The predicted molar refractivity (Wildman–Crippen MR) is 68.0 cm³/mol. The molecule has 1 atom stereocenters. The normalized spacial score (nSPS) is 21.4. The summed E-state index contributed by atoms with van der Waals surface area (Å²) in [5.41, 5.74) is 0.987. The van der Waals surface area contributed by atoms with Crippen molar-refractivity contribution in [3.63, 3.8) is 0 Å². The molecule has 1 aliphatic heterocycles. The Balaban J connectivity index is 2.10. The standard InChI is InChI=1S/C12H20N2OS/c1-3-10-5-4-6-14(7-10)12-13-9(2)11(8-15)16-12/h10,15H,3-8H2,1-2H3. The van der Waals surface area contributed by atoms with Crippen LogP contribution in [0.1, 0.15) is 36.8 Å². The number of aryl methyl sites for hydroxylation is 1. The molecule has 0 spiro atoms. The fourth-order valence-corrected chi connectivity index (χ4v) is 3.22. The lowest BCUT2D eigenvalue weighted by Gasteiger charge is -2.31. The van der Waals surface area contributed by atoms with Crippen LogP contribution in [0.25, 0.3) is 0 Å². The van der Waals surface area contributed by atoms with Gasteiger partial charge >= 0.3 is 0 Å². The summed E-state index contributed by atoms with van der Waals surface area (Å²) in [6.45, 7) is 6.62. The predicted octanol–water partition coefficient (Wildman–Crippen LogP) is 2.57. The molecule has 2 heterocycles. The Morgan fingerprint density at radius 2 is 2.38 bits per heavy atom. The first-order chi connectivity index (χ1) is 7.74. The van der Waals surface area contributed by atoms with E-state index in [4.69, 9.17) is 0 Å². The molecule has 1 N–H and O–H groups in total. The van der Waals surface area contributed by atoms with Crippen LogP contribution in [0.4, 0.5) is 5.13 Å². The third kappa shape index (κ3) is 2.38. The first-order valence-electron chi connectivity index (χ1n) is 6.06. The maximum Gasteiger partial charge on any atom is 0.185 e. The molecule has 0 amide bonds. The molecule has 1 aromatic rings. The fraction of sp³-hybridized carbons (Fsp3) is 0.750. The number of hydrogen-bond acceptors (Lipinski definition) is 4. The molecular weight excluding hydrogens is 220 g/mol. The Bertz CT molecular complexity index is 351. The van der Waals surface area contributed by atoms with Gasteiger partial charge in [-0.25, -0.2) is 4.98 Å². The second kappa shape index (κ2) is 5.15. The van der Waals surface area contributed by atoms with Crippen LogP contribution >= 0.6 is 11.3 Å². The van der Waals surface area contributed by atoms with Crippen molar-refractivity contribution in [3.05, 3.63) is 10.6 Å². The smallest absolute Gasteiger partial charge is 0.185 e. The summed E-state index contributed by atoms with van der Waals surface area (Å²) in [5, 5.41) is 10.3. The number of hydrogen-bond donors (Lipinski definition) is 1. The molecule has 1 fully saturated rings. The molecule has 2 rings (SSSR count). The first-order valence-corrected chi connectivity index (χ1v) is 6.88. The lowest BCUT2D eigenvalue weighted by Crippen LogP contribution is -2.35. The summed E-state index contributed by atoms with van der Waals surface area (Å²) in [5.74, 6) is 0.815. The molecule has 0 radical (unpaired) electrons. The van der Waals surface area contributed by atoms with Gasteiger partial charge in [-0.3, -0.25) is 0 Å². The Morgan fingerprint density at radius 3 is 3.00 bits per heavy atom. The van der Waals surface area contributed by atoms with Gasteiger partial charge in [-0.15, -0.1) is 0 Å². The van der Waals surface area contributed by atoms with Crippen LogP contribution < -0.4 is 4.90 Å². The zero-order valence-corrected chi connectivity index (χ0v) is 10.9. The first kappa shape index (κ1) is 11.9. The van der Waals surface area contributed by atoms with Crippen LogP contribution in [0.5, 0.6) is 0 Å². The van der Waals surface area contributed by atoms with Crippen molar-refractivity contribution in [1.82, 2.24) is 4.98 Å². The van der Waals surface area contributed by atoms with Gasteiger partial charge in [0.25, 0.3) is 0 Å². The van der Waals surface area contributed by atoms with Crippen molar-refractivity contribution in [2.24, 2.45) is 5.92 Å². The van der Waals surface area contributed by atoms with E-state index < -0.39 is 0 Å². The van der Waals surface area contributed by atoms with Crippen molar-refractivity contribution >= 4 is 16.5 Å². The van der Waals surface area contributed by atoms with E-state index >= 15 is 0 Å². The third-order valence-corrected chi connectivity index (χ3v) is 4.59. The maximum absolute atomic E-state index is 9.18. The summed E-state index contributed by atoms with van der Waals surface area (Å²) in [7, 11) is 0. The number of piperidine rings is 1. The number of aromatic nitrogens is 1. The van der Waals surface area contributed by atoms with Crippen molar-refractivity contribution in [3.8, 4) is 0 Å². The van der Waals surface area contributed by atoms with E-state index in [2.05, 4.69) is 16.8 Å². The largest absolute Gasteiger partial charge is 0.391 e. The zero-order chi connectivity index (χ0) is 11.5. The number of aliphatic hydroxyl groups excluding tert-OH is 1. The average Bonchev–Trinajstić information content (AvgIpc) is 2.71. The molecule has 3 nitrogen and oxygen atoms in total. The highest BCUT2D eigenvalue weighted by Gasteiger charge is 2.21. The van der Waals surface area contributed by atoms with Crippen LogP contribution in [0.15, 0.2) is 0 Å². The van der Waals surface area contributed by atoms with Crippen molar-refractivity contribution in [2.45, 2.75) is 39.7 Å². The second-order valence-corrected chi connectivity index (χ2v) is 5.59. The molecule has 16 heavy (non-hydrogen) atoms. The number of thiazole rings is 1. The zero-order valence-electron chi connectivity index (χ0n) is 10.1. The van der Waals surface area contributed by atoms with Crippen LogP contribution in [0.2, 0.25) is 0 Å². The second-order valence-electron chi connectivity index (χ2n) is 4.53. The van der Waals surface area contributed by atoms with Crippen molar-refractivity contribution in [1.29, 1.82) is 0 Å². The van der Waals surface area contributed by atoms with E-state index in [0.717, 1.165) is 34.7 Å². The SMILES string of the molecule is CCC1CCCN(c2nc(C)c(CO)s2)C1. The monoisotopic (exact) mass is 240 g/mol. The molecule has 0 bridgehead atoms. The Labute approximate surface area is 101 Å². The topological polar surface area (TPSA) is 36.4 Å². The minimum atomic E-state index is 0.120. The van der Waals surface area contributed by atoms with Crippen LogP contribution in [0.3, 0.4) is 0 Å². The summed E-state index contributed by atoms with van der Waals surface area (Å²) >= 11 is 1.64. The van der Waals surface area contributed by atoms with Gasteiger partial charge in [-0.05, 0) is 25.7 Å². The number of nitrogens with zero attached hydrogens (tertiary/aromatic N) is 2. The summed E-state index contributed by atoms with van der Waals surface area (Å²) in [4.78, 5) is 7.95. The summed E-state index contributed by atoms with van der Waals surface area (Å²) in [6.07, 6.45) is 3.88. The van der Waals surface area contributed by atoms with Gasteiger partial charge in [-0.2, -0.15) is 0 Å². The highest BCUT2D eigenvalue weighted by Crippen LogP contribution is 2.30. The molecule has 0 saturated carbocycles. The Hall–Kier alpha value is -0.610. The highest BCUT2D eigenvalue weighted by atomic mass is 32.1. The summed E-state index contributed by atoms with van der Waals surface area (Å²) in [6, 6.07) is 0. The van der Waals surface area contributed by atoms with Gasteiger partial charge in [0.1, 0.15) is 0 Å². The van der Waals surface area contributed by atoms with E-state index in [-0.39, 0.29) is 6.61 Å². The fourth-order valence-electron chi connectivity index (χ4n) is 2.27. The highest BCUT2D eigenvalue weighted by molar-refractivity contribution is 7.15. The van der Waals surface area contributed by atoms with E-state index in [9.17, 15) is 5.11 Å². The average molecular weight is 240 g/mol. The van der Waals surface area contributed by atoms with E-state index in [1.54, 1.807) is 11.3 Å². The molecule has 1 aliphatic rings. The molecule has 1 unspecified atom stereocenters. The molecule has 0 aliphatic carbocycles. The van der Waals surface area contributed by atoms with Gasteiger partial charge in [0.15, 0.2) is 5.13 Å². The maximum atomic E-state index is 9.18. The van der Waals surface area contributed by atoms with E-state index in [1.165, 1.54) is 19.3 Å². The van der Waals surface area contributed by atoms with Crippen LogP contribution in [-0.2, 0) is 6.61 Å². The minimum Gasteiger partial charge on any atom is -0.391 e. The molecule has 1 aromatic heterocycles. The molecular formula is C12H20N2OS. The van der Waals surface area contributed by atoms with Gasteiger partial charge in [0, 0.05) is 13.1 Å². The Morgan fingerprint density at radius 1 is 1.56 bits per heavy atom. The van der Waals surface area contributed by atoms with Crippen molar-refractivity contribution in [2.75, 3.05) is 18.0 Å². The van der Waals surface area contributed by atoms with Crippen LogP contribution in [-0.4, -0.2) is 23.2 Å².